The van der Waals surface area contributed by atoms with Gasteiger partial charge in [0.2, 0.25) is 0 Å². The minimum absolute atomic E-state index is 0.0405. The molecule has 0 heterocycles. The zero-order chi connectivity index (χ0) is 19.3. The van der Waals surface area contributed by atoms with Crippen LogP contribution in [0.15, 0.2) is 22.7 Å². The molecule has 1 aromatic carbocycles. The molecule has 0 amide bonds. The van der Waals surface area contributed by atoms with E-state index in [1.165, 1.54) is 7.11 Å². The molecule has 0 unspecified atom stereocenters. The van der Waals surface area contributed by atoms with Crippen molar-refractivity contribution in [2.75, 3.05) is 20.3 Å². The van der Waals surface area contributed by atoms with Crippen molar-refractivity contribution in [1.29, 1.82) is 0 Å². The molecule has 1 saturated carbocycles. The summed E-state index contributed by atoms with van der Waals surface area (Å²) in [4.78, 5) is 23.7. The molecule has 26 heavy (non-hydrogen) atoms. The predicted molar refractivity (Wildman–Crippen MR) is 99.3 cm³/mol. The Balaban J connectivity index is 1.72. The minimum Gasteiger partial charge on any atom is -0.490 e. The zero-order valence-corrected chi connectivity index (χ0v) is 17.1. The third kappa shape index (κ3) is 5.99. The van der Waals surface area contributed by atoms with E-state index in [1.807, 2.05) is 20.8 Å². The Bertz CT molecular complexity index is 646. The van der Waals surface area contributed by atoms with Crippen molar-refractivity contribution >= 4 is 27.9 Å². The maximum Gasteiger partial charge on any atom is 0.341 e. The molecule has 0 spiro atoms. The van der Waals surface area contributed by atoms with Crippen molar-refractivity contribution in [3.63, 3.8) is 0 Å². The van der Waals surface area contributed by atoms with Crippen LogP contribution in [-0.4, -0.2) is 44.0 Å². The second kappa shape index (κ2) is 8.86. The highest BCUT2D eigenvalue weighted by atomic mass is 79.9. The molecule has 1 aromatic rings. The average molecular weight is 429 g/mol. The van der Waals surface area contributed by atoms with E-state index in [2.05, 4.69) is 15.9 Å². The second-order valence-corrected chi connectivity index (χ2v) is 8.09. The lowest BCUT2D eigenvalue weighted by Crippen LogP contribution is -2.40. The average Bonchev–Trinajstić information content (AvgIpc) is 2.50. The third-order valence-corrected chi connectivity index (χ3v) is 4.37. The van der Waals surface area contributed by atoms with E-state index in [1.54, 1.807) is 18.2 Å². The van der Waals surface area contributed by atoms with Gasteiger partial charge in [0.1, 0.15) is 23.5 Å². The summed E-state index contributed by atoms with van der Waals surface area (Å²) in [6.45, 7) is 6.26. The van der Waals surface area contributed by atoms with Crippen LogP contribution in [0.1, 0.15) is 44.0 Å². The fourth-order valence-corrected chi connectivity index (χ4v) is 2.88. The summed E-state index contributed by atoms with van der Waals surface area (Å²) in [5, 5.41) is 0. The van der Waals surface area contributed by atoms with Gasteiger partial charge in [-0.3, -0.25) is 4.79 Å². The van der Waals surface area contributed by atoms with Crippen LogP contribution in [0.5, 0.6) is 5.75 Å². The van der Waals surface area contributed by atoms with Gasteiger partial charge in [0.05, 0.1) is 25.7 Å². The van der Waals surface area contributed by atoms with Crippen LogP contribution in [0.3, 0.4) is 0 Å². The standard InChI is InChI=1S/C19H25BrO6/c1-19(2,3)26-17(21)12-9-14(10-12)24-7-8-25-16-11-13(20)5-6-15(16)18(22)23-4/h5-6,11-12,14H,7-10H2,1-4H3/t12-,14+. The van der Waals surface area contributed by atoms with Crippen LogP contribution in [0.25, 0.3) is 0 Å². The molecule has 0 N–H and O–H groups in total. The molecule has 144 valence electrons. The van der Waals surface area contributed by atoms with Crippen molar-refractivity contribution in [2.24, 2.45) is 5.92 Å². The number of hydrogen-bond acceptors (Lipinski definition) is 6. The molecule has 0 aliphatic heterocycles. The van der Waals surface area contributed by atoms with Gasteiger partial charge < -0.3 is 18.9 Å². The zero-order valence-electron chi connectivity index (χ0n) is 15.5. The number of carbonyl (C=O) groups excluding carboxylic acids is 2. The van der Waals surface area contributed by atoms with Gasteiger partial charge in [-0.1, -0.05) is 15.9 Å². The largest absolute Gasteiger partial charge is 0.490 e. The van der Waals surface area contributed by atoms with Gasteiger partial charge in [0.15, 0.2) is 0 Å². The van der Waals surface area contributed by atoms with Crippen LogP contribution in [0.2, 0.25) is 0 Å². The molecule has 2 rings (SSSR count). The van der Waals surface area contributed by atoms with Crippen molar-refractivity contribution < 1.29 is 28.5 Å². The van der Waals surface area contributed by atoms with Gasteiger partial charge in [-0.15, -0.1) is 0 Å². The topological polar surface area (TPSA) is 71.1 Å². The van der Waals surface area contributed by atoms with Crippen LogP contribution in [-0.2, 0) is 19.0 Å². The quantitative estimate of drug-likeness (QED) is 0.486. The fourth-order valence-electron chi connectivity index (χ4n) is 2.54. The lowest BCUT2D eigenvalue weighted by atomic mass is 9.82. The number of benzene rings is 1. The molecule has 1 fully saturated rings. The Hall–Kier alpha value is -1.60. The Morgan fingerprint density at radius 2 is 1.88 bits per heavy atom. The highest BCUT2D eigenvalue weighted by Gasteiger charge is 2.37. The number of hydrogen-bond donors (Lipinski definition) is 0. The SMILES string of the molecule is COC(=O)c1ccc(Br)cc1OCCO[C@H]1C[C@@H](C(=O)OC(C)(C)C)C1. The molecule has 6 nitrogen and oxygen atoms in total. The monoisotopic (exact) mass is 428 g/mol. The van der Waals surface area contributed by atoms with Crippen molar-refractivity contribution in [3.8, 4) is 5.75 Å². The number of methoxy groups -OCH3 is 1. The Morgan fingerprint density at radius 3 is 2.50 bits per heavy atom. The van der Waals surface area contributed by atoms with E-state index >= 15 is 0 Å². The van der Waals surface area contributed by atoms with Gasteiger partial charge in [-0.2, -0.15) is 0 Å². The van der Waals surface area contributed by atoms with E-state index in [4.69, 9.17) is 18.9 Å². The summed E-state index contributed by atoms with van der Waals surface area (Å²) in [5.74, 6) is -0.260. The summed E-state index contributed by atoms with van der Waals surface area (Å²) < 4.78 is 22.3. The number of esters is 2. The first-order valence-electron chi connectivity index (χ1n) is 8.54. The van der Waals surface area contributed by atoms with Gasteiger partial charge in [0, 0.05) is 4.47 Å². The molecule has 0 atom stereocenters. The molecule has 0 saturated heterocycles. The normalized spacial score (nSPS) is 19.4. The second-order valence-electron chi connectivity index (χ2n) is 7.18. The molecule has 0 radical (unpaired) electrons. The molecule has 0 aromatic heterocycles. The van der Waals surface area contributed by atoms with E-state index in [0.717, 1.165) is 4.47 Å². The fraction of sp³-hybridized carbons (Fsp3) is 0.579. The highest BCUT2D eigenvalue weighted by Crippen LogP contribution is 2.32. The van der Waals surface area contributed by atoms with Crippen LogP contribution in [0.4, 0.5) is 0 Å². The Morgan fingerprint density at radius 1 is 1.19 bits per heavy atom. The van der Waals surface area contributed by atoms with Crippen molar-refractivity contribution in [1.82, 2.24) is 0 Å². The summed E-state index contributed by atoms with van der Waals surface area (Å²) in [6.07, 6.45) is 1.37. The summed E-state index contributed by atoms with van der Waals surface area (Å²) in [5.41, 5.74) is -0.0950. The summed E-state index contributed by atoms with van der Waals surface area (Å²) in [7, 11) is 1.33. The van der Waals surface area contributed by atoms with Gasteiger partial charge >= 0.3 is 11.9 Å². The predicted octanol–water partition coefficient (Wildman–Crippen LogP) is 3.75. The first-order valence-corrected chi connectivity index (χ1v) is 9.34. The van der Waals surface area contributed by atoms with Gasteiger partial charge in [-0.05, 0) is 51.8 Å². The summed E-state index contributed by atoms with van der Waals surface area (Å²) in [6, 6.07) is 5.11. The van der Waals surface area contributed by atoms with E-state index < -0.39 is 11.6 Å². The lowest BCUT2D eigenvalue weighted by molar-refractivity contribution is -0.169. The van der Waals surface area contributed by atoms with E-state index in [9.17, 15) is 9.59 Å². The lowest BCUT2D eigenvalue weighted by Gasteiger charge is -2.35. The molecule has 1 aliphatic rings. The van der Waals surface area contributed by atoms with Gasteiger partial charge in [-0.25, -0.2) is 4.79 Å². The minimum atomic E-state index is -0.460. The Kier molecular flexibility index (Phi) is 7.06. The maximum atomic E-state index is 11.9. The number of rotatable bonds is 7. The molecular formula is C19H25BrO6. The summed E-state index contributed by atoms with van der Waals surface area (Å²) >= 11 is 3.35. The van der Waals surface area contributed by atoms with Crippen LogP contribution < -0.4 is 4.74 Å². The number of carbonyl (C=O) groups is 2. The molecular weight excluding hydrogens is 404 g/mol. The van der Waals surface area contributed by atoms with Crippen LogP contribution >= 0.6 is 15.9 Å². The van der Waals surface area contributed by atoms with E-state index in [0.29, 0.717) is 37.4 Å². The molecule has 7 heteroatoms. The highest BCUT2D eigenvalue weighted by molar-refractivity contribution is 9.10. The van der Waals surface area contributed by atoms with Crippen LogP contribution in [0, 0.1) is 5.92 Å². The smallest absolute Gasteiger partial charge is 0.341 e. The van der Waals surface area contributed by atoms with Gasteiger partial charge in [0.25, 0.3) is 0 Å². The molecule has 0 bridgehead atoms. The van der Waals surface area contributed by atoms with Crippen molar-refractivity contribution in [3.05, 3.63) is 28.2 Å². The third-order valence-electron chi connectivity index (χ3n) is 3.88. The maximum absolute atomic E-state index is 11.9. The van der Waals surface area contributed by atoms with E-state index in [-0.39, 0.29) is 18.0 Å². The number of halogens is 1. The first-order chi connectivity index (χ1) is 12.2. The van der Waals surface area contributed by atoms with Crippen molar-refractivity contribution in [2.45, 2.75) is 45.3 Å². The first kappa shape index (κ1) is 20.7. The molecule has 1 aliphatic carbocycles. The number of ether oxygens (including phenoxy) is 4. The Labute approximate surface area is 162 Å².